The summed E-state index contributed by atoms with van der Waals surface area (Å²) in [6, 6.07) is 9.62. The van der Waals surface area contributed by atoms with Gasteiger partial charge in [0, 0.05) is 12.0 Å². The molecule has 0 atom stereocenters. The molecule has 0 fully saturated rings. The van der Waals surface area contributed by atoms with Crippen molar-refractivity contribution >= 4 is 5.97 Å². The van der Waals surface area contributed by atoms with Gasteiger partial charge in [-0.25, -0.2) is 4.98 Å². The van der Waals surface area contributed by atoms with E-state index in [4.69, 9.17) is 9.52 Å². The van der Waals surface area contributed by atoms with Gasteiger partial charge in [-0.05, 0) is 0 Å². The number of carboxylic acid groups (broad SMARTS) is 1. The van der Waals surface area contributed by atoms with Gasteiger partial charge in [0.15, 0.2) is 0 Å². The largest absolute Gasteiger partial charge is 0.481 e. The molecule has 1 N–H and O–H groups in total. The molecular weight excluding hydrogens is 218 g/mol. The highest BCUT2D eigenvalue weighted by atomic mass is 16.4. The van der Waals surface area contributed by atoms with Crippen molar-refractivity contribution in [3.63, 3.8) is 0 Å². The number of rotatable bonds is 4. The maximum absolute atomic E-state index is 10.6. The Kier molecular flexibility index (Phi) is 3.23. The minimum atomic E-state index is -0.937. The molecule has 0 saturated carbocycles. The van der Waals surface area contributed by atoms with Gasteiger partial charge < -0.3 is 9.52 Å². The maximum atomic E-state index is 10.6. The predicted octanol–water partition coefficient (Wildman–Crippen LogP) is 2.53. The number of hydrogen-bond donors (Lipinski definition) is 1. The summed E-state index contributed by atoms with van der Waals surface area (Å²) in [6.07, 6.45) is 0.511. The van der Waals surface area contributed by atoms with E-state index in [0.29, 0.717) is 6.42 Å². The van der Waals surface area contributed by atoms with E-state index in [1.165, 1.54) is 0 Å². The third kappa shape index (κ3) is 2.53. The van der Waals surface area contributed by atoms with Crippen molar-refractivity contribution in [2.24, 2.45) is 0 Å². The van der Waals surface area contributed by atoms with Gasteiger partial charge in [-0.3, -0.25) is 4.79 Å². The molecule has 88 valence electrons. The summed E-state index contributed by atoms with van der Waals surface area (Å²) in [5.41, 5.74) is 1.69. The van der Waals surface area contributed by atoms with Gasteiger partial charge in [-0.2, -0.15) is 0 Å². The van der Waals surface area contributed by atoms with Gasteiger partial charge in [0.1, 0.15) is 17.9 Å². The Balaban J connectivity index is 2.39. The second kappa shape index (κ2) is 4.82. The Morgan fingerprint density at radius 2 is 2.06 bits per heavy atom. The first-order valence-corrected chi connectivity index (χ1v) is 5.46. The van der Waals surface area contributed by atoms with E-state index in [9.17, 15) is 4.79 Å². The second-order valence-electron chi connectivity index (χ2n) is 3.67. The molecule has 1 aromatic carbocycles. The number of aryl methyl sites for hydroxylation is 1. The van der Waals surface area contributed by atoms with Gasteiger partial charge in [-0.15, -0.1) is 0 Å². The lowest BCUT2D eigenvalue weighted by molar-refractivity contribution is -0.136. The normalized spacial score (nSPS) is 10.4. The number of carbonyl (C=O) groups is 1. The Hall–Kier alpha value is -2.10. The van der Waals surface area contributed by atoms with Crippen LogP contribution < -0.4 is 0 Å². The van der Waals surface area contributed by atoms with Crippen molar-refractivity contribution in [3.05, 3.63) is 42.0 Å². The van der Waals surface area contributed by atoms with Crippen LogP contribution in [0.25, 0.3) is 11.3 Å². The summed E-state index contributed by atoms with van der Waals surface area (Å²) in [5.74, 6) is 0.0502. The van der Waals surface area contributed by atoms with Crippen LogP contribution >= 0.6 is 0 Å². The highest BCUT2D eigenvalue weighted by molar-refractivity contribution is 5.69. The average Bonchev–Trinajstić information content (AvgIpc) is 2.72. The monoisotopic (exact) mass is 231 g/mol. The first-order valence-electron chi connectivity index (χ1n) is 5.46. The molecule has 17 heavy (non-hydrogen) atoms. The number of carboxylic acids is 1. The second-order valence-corrected chi connectivity index (χ2v) is 3.67. The molecule has 0 aliphatic carbocycles. The highest BCUT2D eigenvalue weighted by Gasteiger charge is 2.15. The molecule has 4 nitrogen and oxygen atoms in total. The predicted molar refractivity (Wildman–Crippen MR) is 62.7 cm³/mol. The maximum Gasteiger partial charge on any atom is 0.312 e. The van der Waals surface area contributed by atoms with Gasteiger partial charge in [0.05, 0.1) is 0 Å². The number of nitrogens with zero attached hydrogens (tertiary/aromatic N) is 1. The fraction of sp³-hybridized carbons (Fsp3) is 0.231. The minimum Gasteiger partial charge on any atom is -0.481 e. The molecule has 0 aliphatic rings. The summed E-state index contributed by atoms with van der Waals surface area (Å²) < 4.78 is 5.44. The molecule has 0 amide bonds. The Labute approximate surface area is 98.9 Å². The molecule has 2 aromatic rings. The minimum absolute atomic E-state index is 0.181. The van der Waals surface area contributed by atoms with Crippen molar-refractivity contribution in [2.45, 2.75) is 19.8 Å². The van der Waals surface area contributed by atoms with Gasteiger partial charge in [-0.1, -0.05) is 37.3 Å². The van der Waals surface area contributed by atoms with Crippen molar-refractivity contribution < 1.29 is 14.3 Å². The van der Waals surface area contributed by atoms with E-state index < -0.39 is 5.97 Å². The summed E-state index contributed by atoms with van der Waals surface area (Å²) in [6.45, 7) is 1.96. The Morgan fingerprint density at radius 1 is 1.35 bits per heavy atom. The number of hydrogen-bond acceptors (Lipinski definition) is 3. The molecule has 1 aromatic heterocycles. The number of benzene rings is 1. The fourth-order valence-electron chi connectivity index (χ4n) is 1.67. The molecule has 2 rings (SSSR count). The van der Waals surface area contributed by atoms with Crippen LogP contribution in [0, 0.1) is 0 Å². The van der Waals surface area contributed by atoms with Gasteiger partial charge in [0.25, 0.3) is 0 Å². The van der Waals surface area contributed by atoms with Crippen LogP contribution in [0.15, 0.2) is 34.7 Å². The third-order valence-corrected chi connectivity index (χ3v) is 2.41. The van der Waals surface area contributed by atoms with Crippen molar-refractivity contribution in [1.82, 2.24) is 4.98 Å². The van der Waals surface area contributed by atoms with E-state index in [2.05, 4.69) is 4.98 Å². The molecule has 1 heterocycles. The summed E-state index contributed by atoms with van der Waals surface area (Å²) in [5, 5.41) is 8.71. The number of aliphatic carboxylic acids is 1. The highest BCUT2D eigenvalue weighted by Crippen LogP contribution is 2.24. The van der Waals surface area contributed by atoms with Crippen LogP contribution in [-0.4, -0.2) is 16.1 Å². The summed E-state index contributed by atoms with van der Waals surface area (Å²) >= 11 is 0. The zero-order valence-corrected chi connectivity index (χ0v) is 9.51. The summed E-state index contributed by atoms with van der Waals surface area (Å²) in [7, 11) is 0. The molecule has 0 aliphatic heterocycles. The zero-order chi connectivity index (χ0) is 12.3. The Bertz CT molecular complexity index is 517. The van der Waals surface area contributed by atoms with Crippen LogP contribution in [0.4, 0.5) is 0 Å². The van der Waals surface area contributed by atoms with E-state index in [1.807, 2.05) is 37.3 Å². The molecular formula is C13H13NO3. The van der Waals surface area contributed by atoms with Crippen LogP contribution in [0.3, 0.4) is 0 Å². The average molecular weight is 231 g/mol. The van der Waals surface area contributed by atoms with E-state index >= 15 is 0 Å². The quantitative estimate of drug-likeness (QED) is 0.878. The lowest BCUT2D eigenvalue weighted by Crippen LogP contribution is -1.99. The molecule has 0 saturated heterocycles. The van der Waals surface area contributed by atoms with E-state index in [-0.39, 0.29) is 12.3 Å². The van der Waals surface area contributed by atoms with Gasteiger partial charge in [0.2, 0.25) is 5.89 Å². The van der Waals surface area contributed by atoms with Crippen LogP contribution in [0.1, 0.15) is 18.6 Å². The first kappa shape index (κ1) is 11.4. The lowest BCUT2D eigenvalue weighted by Gasteiger charge is -1.97. The number of aromatic nitrogens is 1. The van der Waals surface area contributed by atoms with Crippen LogP contribution in [0.5, 0.6) is 0 Å². The standard InChI is InChI=1S/C13H13NO3/c1-2-10-13(9-6-4-3-5-7-9)14-11(17-10)8-12(15)16/h3-7H,2,8H2,1H3,(H,15,16). The fourth-order valence-corrected chi connectivity index (χ4v) is 1.67. The molecule has 4 heteroatoms. The topological polar surface area (TPSA) is 63.3 Å². The molecule has 0 unspecified atom stereocenters. The summed E-state index contributed by atoms with van der Waals surface area (Å²) in [4.78, 5) is 14.9. The van der Waals surface area contributed by atoms with Crippen molar-refractivity contribution in [2.75, 3.05) is 0 Å². The molecule has 0 spiro atoms. The SMILES string of the molecule is CCc1oc(CC(=O)O)nc1-c1ccccc1. The van der Waals surface area contributed by atoms with E-state index in [0.717, 1.165) is 17.0 Å². The van der Waals surface area contributed by atoms with Gasteiger partial charge >= 0.3 is 5.97 Å². The lowest BCUT2D eigenvalue weighted by atomic mass is 10.1. The molecule has 0 radical (unpaired) electrons. The van der Waals surface area contributed by atoms with E-state index in [1.54, 1.807) is 0 Å². The third-order valence-electron chi connectivity index (χ3n) is 2.41. The van der Waals surface area contributed by atoms with Crippen molar-refractivity contribution in [1.29, 1.82) is 0 Å². The van der Waals surface area contributed by atoms with Crippen LogP contribution in [0.2, 0.25) is 0 Å². The molecule has 0 bridgehead atoms. The Morgan fingerprint density at radius 3 is 2.65 bits per heavy atom. The van der Waals surface area contributed by atoms with Crippen LogP contribution in [-0.2, 0) is 17.6 Å². The zero-order valence-electron chi connectivity index (χ0n) is 9.51. The first-order chi connectivity index (χ1) is 8.20. The smallest absolute Gasteiger partial charge is 0.312 e. The van der Waals surface area contributed by atoms with Crippen molar-refractivity contribution in [3.8, 4) is 11.3 Å². The number of oxazole rings is 1.